The van der Waals surface area contributed by atoms with Gasteiger partial charge in [-0.1, -0.05) is 61.7 Å². The number of hydrogen-bond acceptors (Lipinski definition) is 2. The zero-order valence-corrected chi connectivity index (χ0v) is 12.9. The van der Waals surface area contributed by atoms with Crippen LogP contribution in [0.4, 0.5) is 5.69 Å². The van der Waals surface area contributed by atoms with Gasteiger partial charge in [0.15, 0.2) is 0 Å². The van der Waals surface area contributed by atoms with E-state index in [0.717, 1.165) is 17.9 Å². The lowest BCUT2D eigenvalue weighted by atomic mass is 9.75. The molecule has 1 aliphatic heterocycles. The Labute approximate surface area is 132 Å². The van der Waals surface area contributed by atoms with Crippen molar-refractivity contribution in [3.05, 3.63) is 65.7 Å². The van der Waals surface area contributed by atoms with Crippen molar-refractivity contribution in [2.24, 2.45) is 4.99 Å². The molecule has 0 aromatic heterocycles. The Kier molecular flexibility index (Phi) is 3.45. The van der Waals surface area contributed by atoms with Crippen LogP contribution >= 0.6 is 0 Å². The van der Waals surface area contributed by atoms with Gasteiger partial charge in [0, 0.05) is 11.3 Å². The number of anilines is 1. The molecule has 1 fully saturated rings. The molecule has 4 rings (SSSR count). The van der Waals surface area contributed by atoms with Crippen molar-refractivity contribution < 1.29 is 0 Å². The molecule has 1 heterocycles. The zero-order valence-electron chi connectivity index (χ0n) is 12.9. The van der Waals surface area contributed by atoms with Gasteiger partial charge in [-0.3, -0.25) is 4.99 Å². The summed E-state index contributed by atoms with van der Waals surface area (Å²) in [5, 5.41) is 3.56. The lowest BCUT2D eigenvalue weighted by molar-refractivity contribution is 0.294. The van der Waals surface area contributed by atoms with Crippen LogP contribution in [-0.4, -0.2) is 11.4 Å². The maximum Gasteiger partial charge on any atom is 0.133 e. The van der Waals surface area contributed by atoms with E-state index in [0.29, 0.717) is 0 Å². The summed E-state index contributed by atoms with van der Waals surface area (Å²) < 4.78 is 0. The maximum atomic E-state index is 5.21. The molecule has 0 unspecified atom stereocenters. The number of benzene rings is 2. The van der Waals surface area contributed by atoms with E-state index in [1.54, 1.807) is 0 Å². The van der Waals surface area contributed by atoms with E-state index in [1.807, 2.05) is 6.07 Å². The number of para-hydroxylation sites is 1. The fourth-order valence-electron chi connectivity index (χ4n) is 3.85. The molecule has 0 saturated heterocycles. The number of rotatable bonds is 1. The van der Waals surface area contributed by atoms with Crippen LogP contribution in [0.25, 0.3) is 0 Å². The van der Waals surface area contributed by atoms with Crippen LogP contribution in [0.3, 0.4) is 0 Å². The summed E-state index contributed by atoms with van der Waals surface area (Å²) in [4.78, 5) is 5.21. The second-order valence-electron chi connectivity index (χ2n) is 6.57. The molecule has 0 atom stereocenters. The standard InChI is InChI=1S/C20H22N2/c1-3-10-17(11-4-1)21-19-18-12-6-5-9-16(18)15-20(22-19)13-7-2-8-14-20/h1,3-6,9-12H,2,7-8,13-15H2,(H,21,22). The van der Waals surface area contributed by atoms with Crippen molar-refractivity contribution >= 4 is 11.5 Å². The van der Waals surface area contributed by atoms with Gasteiger partial charge in [-0.15, -0.1) is 0 Å². The Morgan fingerprint density at radius 1 is 0.818 bits per heavy atom. The molecule has 2 aromatic carbocycles. The Balaban J connectivity index is 1.74. The number of nitrogens with one attached hydrogen (secondary N) is 1. The number of nitrogens with zero attached hydrogens (tertiary/aromatic N) is 1. The molecule has 1 saturated carbocycles. The zero-order chi connectivity index (χ0) is 14.8. The van der Waals surface area contributed by atoms with Gasteiger partial charge in [-0.2, -0.15) is 0 Å². The summed E-state index contributed by atoms with van der Waals surface area (Å²) in [5.41, 5.74) is 3.95. The third-order valence-corrected chi connectivity index (χ3v) is 4.96. The van der Waals surface area contributed by atoms with Gasteiger partial charge >= 0.3 is 0 Å². The molecular formula is C20H22N2. The van der Waals surface area contributed by atoms with E-state index in [4.69, 9.17) is 4.99 Å². The van der Waals surface area contributed by atoms with Crippen molar-refractivity contribution in [3.63, 3.8) is 0 Å². The fraction of sp³-hybridized carbons (Fsp3) is 0.350. The highest BCUT2D eigenvalue weighted by Crippen LogP contribution is 2.38. The first-order chi connectivity index (χ1) is 10.8. The summed E-state index contributed by atoms with van der Waals surface area (Å²) in [6.07, 6.45) is 7.53. The average molecular weight is 290 g/mol. The Bertz CT molecular complexity index is 682. The van der Waals surface area contributed by atoms with E-state index in [2.05, 4.69) is 53.8 Å². The highest BCUT2D eigenvalue weighted by atomic mass is 15.0. The maximum absolute atomic E-state index is 5.21. The van der Waals surface area contributed by atoms with Gasteiger partial charge in [0.25, 0.3) is 0 Å². The van der Waals surface area contributed by atoms with Crippen LogP contribution in [0.2, 0.25) is 0 Å². The molecule has 2 aromatic rings. The SMILES string of the molecule is c1ccc(NC2=NC3(CCCCC3)Cc3ccccc32)cc1. The minimum Gasteiger partial charge on any atom is -0.340 e. The van der Waals surface area contributed by atoms with Gasteiger partial charge in [0.2, 0.25) is 0 Å². The molecule has 0 amide bonds. The second-order valence-corrected chi connectivity index (χ2v) is 6.57. The van der Waals surface area contributed by atoms with E-state index < -0.39 is 0 Å². The van der Waals surface area contributed by atoms with Crippen molar-refractivity contribution in [1.82, 2.24) is 0 Å². The molecule has 2 nitrogen and oxygen atoms in total. The van der Waals surface area contributed by atoms with Crippen LogP contribution in [0.1, 0.15) is 43.2 Å². The monoisotopic (exact) mass is 290 g/mol. The summed E-state index contributed by atoms with van der Waals surface area (Å²) in [5.74, 6) is 1.05. The molecule has 1 N–H and O–H groups in total. The third kappa shape index (κ3) is 2.54. The van der Waals surface area contributed by atoms with Gasteiger partial charge in [-0.25, -0.2) is 0 Å². The summed E-state index contributed by atoms with van der Waals surface area (Å²) in [6.45, 7) is 0. The van der Waals surface area contributed by atoms with Crippen LogP contribution in [0.5, 0.6) is 0 Å². The number of aliphatic imine (C=N–C) groups is 1. The molecule has 2 heteroatoms. The molecular weight excluding hydrogens is 268 g/mol. The van der Waals surface area contributed by atoms with E-state index >= 15 is 0 Å². The predicted octanol–water partition coefficient (Wildman–Crippen LogP) is 4.80. The molecule has 112 valence electrons. The number of fused-ring (bicyclic) bond motifs is 1. The quantitative estimate of drug-likeness (QED) is 0.801. The lowest BCUT2D eigenvalue weighted by Gasteiger charge is -2.38. The second kappa shape index (κ2) is 5.60. The average Bonchev–Trinajstić information content (AvgIpc) is 2.56. The summed E-state index contributed by atoms with van der Waals surface area (Å²) in [7, 11) is 0. The van der Waals surface area contributed by atoms with E-state index in [-0.39, 0.29) is 5.54 Å². The normalized spacial score (nSPS) is 19.4. The first-order valence-corrected chi connectivity index (χ1v) is 8.35. The summed E-state index contributed by atoms with van der Waals surface area (Å²) >= 11 is 0. The first-order valence-electron chi connectivity index (χ1n) is 8.35. The lowest BCUT2D eigenvalue weighted by Crippen LogP contribution is -2.39. The molecule has 1 spiro atoms. The Morgan fingerprint density at radius 3 is 2.36 bits per heavy atom. The van der Waals surface area contributed by atoms with E-state index in [9.17, 15) is 0 Å². The molecule has 22 heavy (non-hydrogen) atoms. The predicted molar refractivity (Wildman–Crippen MR) is 92.6 cm³/mol. The van der Waals surface area contributed by atoms with Crippen molar-refractivity contribution in [3.8, 4) is 0 Å². The highest BCUT2D eigenvalue weighted by Gasteiger charge is 2.36. The minimum atomic E-state index is 0.129. The molecule has 2 aliphatic rings. The van der Waals surface area contributed by atoms with Crippen molar-refractivity contribution in [2.45, 2.75) is 44.1 Å². The van der Waals surface area contributed by atoms with Gasteiger partial charge in [0.1, 0.15) is 5.84 Å². The van der Waals surface area contributed by atoms with Crippen LogP contribution in [-0.2, 0) is 6.42 Å². The van der Waals surface area contributed by atoms with Crippen LogP contribution in [0, 0.1) is 0 Å². The number of amidine groups is 1. The highest BCUT2D eigenvalue weighted by molar-refractivity contribution is 6.10. The van der Waals surface area contributed by atoms with Crippen LogP contribution in [0.15, 0.2) is 59.6 Å². The first kappa shape index (κ1) is 13.6. The topological polar surface area (TPSA) is 24.4 Å². The van der Waals surface area contributed by atoms with Crippen LogP contribution < -0.4 is 5.32 Å². The minimum absolute atomic E-state index is 0.129. The van der Waals surface area contributed by atoms with Crippen molar-refractivity contribution in [2.75, 3.05) is 5.32 Å². The van der Waals surface area contributed by atoms with E-state index in [1.165, 1.54) is 43.2 Å². The fourth-order valence-corrected chi connectivity index (χ4v) is 3.85. The van der Waals surface area contributed by atoms with Gasteiger partial charge in [0.05, 0.1) is 5.54 Å². The molecule has 0 bridgehead atoms. The molecule has 0 radical (unpaired) electrons. The third-order valence-electron chi connectivity index (χ3n) is 4.96. The van der Waals surface area contributed by atoms with Gasteiger partial charge < -0.3 is 5.32 Å². The largest absolute Gasteiger partial charge is 0.340 e. The Hall–Kier alpha value is -2.09. The number of hydrogen-bond donors (Lipinski definition) is 1. The smallest absolute Gasteiger partial charge is 0.133 e. The molecule has 1 aliphatic carbocycles. The van der Waals surface area contributed by atoms with Crippen molar-refractivity contribution in [1.29, 1.82) is 0 Å². The van der Waals surface area contributed by atoms with Gasteiger partial charge in [-0.05, 0) is 37.0 Å². The Morgan fingerprint density at radius 2 is 1.55 bits per heavy atom. The summed E-state index contributed by atoms with van der Waals surface area (Å²) in [6, 6.07) is 19.1.